The molecule has 4 rings (SSSR count). The van der Waals surface area contributed by atoms with E-state index in [0.29, 0.717) is 29.2 Å². The summed E-state index contributed by atoms with van der Waals surface area (Å²) in [4.78, 5) is 31.6. The lowest BCUT2D eigenvalue weighted by Gasteiger charge is -2.16. The number of aromatic nitrogens is 3. The van der Waals surface area contributed by atoms with Gasteiger partial charge < -0.3 is 39.1 Å². The molecule has 0 amide bonds. The highest BCUT2D eigenvalue weighted by molar-refractivity contribution is 5.78. The van der Waals surface area contributed by atoms with Crippen LogP contribution < -0.4 is 25.9 Å². The van der Waals surface area contributed by atoms with Crippen molar-refractivity contribution in [2.75, 3.05) is 51.3 Å². The molecule has 0 spiro atoms. The van der Waals surface area contributed by atoms with Gasteiger partial charge in [-0.15, -0.1) is 0 Å². The van der Waals surface area contributed by atoms with Gasteiger partial charge in [-0.2, -0.15) is 18.2 Å². The summed E-state index contributed by atoms with van der Waals surface area (Å²) in [6.07, 6.45) is -3.48. The van der Waals surface area contributed by atoms with Crippen LogP contribution in [0.5, 0.6) is 11.5 Å². The Bertz CT molecular complexity index is 1590. The van der Waals surface area contributed by atoms with Gasteiger partial charge in [0.1, 0.15) is 19.0 Å². The summed E-state index contributed by atoms with van der Waals surface area (Å²) in [7, 11) is 3.08. The lowest BCUT2D eigenvalue weighted by molar-refractivity contribution is -0.192. The number of rotatable bonds is 12. The van der Waals surface area contributed by atoms with Gasteiger partial charge in [-0.1, -0.05) is 0 Å². The van der Waals surface area contributed by atoms with Crippen molar-refractivity contribution in [3.63, 3.8) is 0 Å². The van der Waals surface area contributed by atoms with E-state index in [-0.39, 0.29) is 43.0 Å². The fourth-order valence-corrected chi connectivity index (χ4v) is 3.26. The zero-order valence-electron chi connectivity index (χ0n) is 23.0. The monoisotopic (exact) mass is 613 g/mol. The molecule has 0 radical (unpaired) electrons. The highest BCUT2D eigenvalue weighted by Crippen LogP contribution is 2.36. The van der Waals surface area contributed by atoms with Crippen molar-refractivity contribution in [3.05, 3.63) is 58.5 Å². The summed E-state index contributed by atoms with van der Waals surface area (Å²) in [5.74, 6) is -3.10. The van der Waals surface area contributed by atoms with Gasteiger partial charge in [-0.3, -0.25) is 4.98 Å². The Morgan fingerprint density at radius 2 is 1.72 bits per heavy atom. The first-order valence-electron chi connectivity index (χ1n) is 12.3. The third-order valence-electron chi connectivity index (χ3n) is 5.28. The molecule has 2 heterocycles. The van der Waals surface area contributed by atoms with Crippen LogP contribution in [0.25, 0.3) is 11.1 Å². The number of anilines is 4. The number of carboxylic acid groups (broad SMARTS) is 1. The van der Waals surface area contributed by atoms with Crippen molar-refractivity contribution in [1.82, 2.24) is 15.0 Å². The van der Waals surface area contributed by atoms with E-state index >= 15 is 4.39 Å². The van der Waals surface area contributed by atoms with E-state index < -0.39 is 23.7 Å². The molecule has 4 aromatic rings. The van der Waals surface area contributed by atoms with Crippen molar-refractivity contribution in [3.8, 4) is 11.5 Å². The van der Waals surface area contributed by atoms with Crippen LogP contribution in [0.4, 0.5) is 40.7 Å². The molecule has 2 aromatic carbocycles. The lowest BCUT2D eigenvalue weighted by Crippen LogP contribution is -2.21. The first-order chi connectivity index (χ1) is 20.4. The number of nitrogens with zero attached hydrogens (tertiary/aromatic N) is 2. The highest BCUT2D eigenvalue weighted by atomic mass is 19.4. The number of benzene rings is 2. The second kappa shape index (κ2) is 14.8. The Hall–Kier alpha value is -4.90. The van der Waals surface area contributed by atoms with Gasteiger partial charge in [-0.25, -0.2) is 19.0 Å². The molecule has 232 valence electrons. The smallest absolute Gasteiger partial charge is 0.487 e. The fraction of sp³-hybridized carbons (Fsp3) is 0.308. The molecule has 4 N–H and O–H groups in total. The van der Waals surface area contributed by atoms with Crippen molar-refractivity contribution < 1.29 is 50.8 Å². The van der Waals surface area contributed by atoms with Gasteiger partial charge in [0.05, 0.1) is 24.4 Å². The predicted octanol–water partition coefficient (Wildman–Crippen LogP) is 4.53. The van der Waals surface area contributed by atoms with Gasteiger partial charge in [0.15, 0.2) is 22.9 Å². The van der Waals surface area contributed by atoms with E-state index in [4.69, 9.17) is 33.3 Å². The molecule has 0 aliphatic heterocycles. The minimum absolute atomic E-state index is 0.0546. The second-order valence-electron chi connectivity index (χ2n) is 8.44. The van der Waals surface area contributed by atoms with Gasteiger partial charge in [-0.05, 0) is 37.3 Å². The number of fused-ring (bicyclic) bond motifs is 1. The molecule has 0 aliphatic carbocycles. The Balaban J connectivity index is 0.000000646. The zero-order valence-corrected chi connectivity index (χ0v) is 23.0. The van der Waals surface area contributed by atoms with E-state index in [0.717, 1.165) is 5.56 Å². The summed E-state index contributed by atoms with van der Waals surface area (Å²) in [5.41, 5.74) is 2.53. The van der Waals surface area contributed by atoms with E-state index in [1.54, 1.807) is 37.6 Å². The number of hydrogen-bond donors (Lipinski definition) is 4. The second-order valence-corrected chi connectivity index (χ2v) is 8.44. The molecular weight excluding hydrogens is 586 g/mol. The minimum atomic E-state index is -5.08. The van der Waals surface area contributed by atoms with Gasteiger partial charge in [0.25, 0.3) is 0 Å². The number of aromatic amines is 1. The maximum atomic E-state index is 15.4. The number of oxazole rings is 1. The van der Waals surface area contributed by atoms with Crippen molar-refractivity contribution in [2.45, 2.75) is 13.1 Å². The fourth-order valence-electron chi connectivity index (χ4n) is 3.26. The average Bonchev–Trinajstić information content (AvgIpc) is 3.32. The van der Waals surface area contributed by atoms with Crippen molar-refractivity contribution in [1.29, 1.82) is 0 Å². The quantitative estimate of drug-likeness (QED) is 0.130. The number of nitrogens with one attached hydrogen (secondary N) is 3. The molecule has 17 heteroatoms. The Kier molecular flexibility index (Phi) is 11.2. The van der Waals surface area contributed by atoms with Crippen LogP contribution in [0.15, 0.2) is 45.7 Å². The minimum Gasteiger partial charge on any atom is -0.487 e. The Labute approximate surface area is 240 Å². The molecule has 0 atom stereocenters. The van der Waals surface area contributed by atoms with Crippen molar-refractivity contribution in [2.24, 2.45) is 0 Å². The first-order valence-corrected chi connectivity index (χ1v) is 12.3. The van der Waals surface area contributed by atoms with E-state index in [1.807, 2.05) is 6.92 Å². The van der Waals surface area contributed by atoms with Crippen LogP contribution in [0, 0.1) is 12.7 Å². The molecule has 0 bridgehead atoms. The van der Waals surface area contributed by atoms with Crippen LogP contribution in [0.3, 0.4) is 0 Å². The van der Waals surface area contributed by atoms with Gasteiger partial charge in [0, 0.05) is 31.7 Å². The topological polar surface area (TPSA) is 170 Å². The number of methoxy groups -OCH3 is 2. The third kappa shape index (κ3) is 9.30. The molecule has 43 heavy (non-hydrogen) atoms. The average molecular weight is 614 g/mol. The Morgan fingerprint density at radius 3 is 2.37 bits per heavy atom. The highest BCUT2D eigenvalue weighted by Gasteiger charge is 2.38. The lowest BCUT2D eigenvalue weighted by atomic mass is 10.2. The van der Waals surface area contributed by atoms with Crippen LogP contribution >= 0.6 is 0 Å². The molecular formula is C26H27F4N5O8. The van der Waals surface area contributed by atoms with E-state index in [9.17, 15) is 18.0 Å². The molecule has 0 aliphatic rings. The molecule has 0 fully saturated rings. The summed E-state index contributed by atoms with van der Waals surface area (Å²) in [6, 6.07) is 8.25. The van der Waals surface area contributed by atoms with Gasteiger partial charge >= 0.3 is 17.9 Å². The predicted molar refractivity (Wildman–Crippen MR) is 145 cm³/mol. The largest absolute Gasteiger partial charge is 0.490 e. The summed E-state index contributed by atoms with van der Waals surface area (Å²) < 4.78 is 73.3. The van der Waals surface area contributed by atoms with E-state index in [2.05, 4.69) is 25.6 Å². The Morgan fingerprint density at radius 1 is 1.05 bits per heavy atom. The van der Waals surface area contributed by atoms with Crippen molar-refractivity contribution >= 4 is 40.2 Å². The number of alkyl halides is 3. The van der Waals surface area contributed by atoms with E-state index in [1.165, 1.54) is 13.2 Å². The van der Waals surface area contributed by atoms with Crippen LogP contribution in [0.1, 0.15) is 5.56 Å². The summed E-state index contributed by atoms with van der Waals surface area (Å²) in [5, 5.41) is 13.2. The SMILES string of the molecule is COCCOc1ccc(Nc2ncc(C)c(Nc3ccc4oc(=O)[nH]c4c3)n2)c(F)c1OCCOC.O=C(O)C(F)(F)F. The molecule has 0 unspecified atom stereocenters. The number of carboxylic acids is 1. The summed E-state index contributed by atoms with van der Waals surface area (Å²) >= 11 is 0. The number of aliphatic carboxylic acids is 1. The van der Waals surface area contributed by atoms with Crippen LogP contribution in [0.2, 0.25) is 0 Å². The third-order valence-corrected chi connectivity index (χ3v) is 5.28. The number of ether oxygens (including phenoxy) is 4. The molecule has 13 nitrogen and oxygen atoms in total. The molecule has 0 saturated carbocycles. The number of aryl methyl sites for hydroxylation is 1. The zero-order chi connectivity index (χ0) is 31.6. The van der Waals surface area contributed by atoms with Crippen LogP contribution in [-0.2, 0) is 14.3 Å². The number of H-pyrrole nitrogens is 1. The normalized spacial score (nSPS) is 11.0. The number of carbonyl (C=O) groups is 1. The maximum Gasteiger partial charge on any atom is 0.490 e. The number of hydrogen-bond acceptors (Lipinski definition) is 11. The first kappa shape index (κ1) is 32.6. The summed E-state index contributed by atoms with van der Waals surface area (Å²) in [6.45, 7) is 2.83. The number of halogens is 4. The standard InChI is InChI=1S/C24H26FN5O6.C2HF3O2/c1-14-13-26-23(30-22(14)27-15-4-6-18-17(12-15)29-24(31)36-18)28-16-5-7-19(34-10-8-32-2)21(20(16)25)35-11-9-33-3;3-2(4,5)1(6)7/h4-7,12-13H,8-11H2,1-3H3,(H,29,31)(H2,26,27,28,30);(H,6,7). The van der Waals surface area contributed by atoms with Crippen LogP contribution in [-0.4, -0.2) is 72.9 Å². The molecule has 0 saturated heterocycles. The van der Waals surface area contributed by atoms with Gasteiger partial charge in [0.2, 0.25) is 5.95 Å². The maximum absolute atomic E-state index is 15.4. The molecule has 2 aromatic heterocycles.